The maximum atomic E-state index is 15.2. The zero-order valence-electron chi connectivity index (χ0n) is 45.2. The van der Waals surface area contributed by atoms with Crippen LogP contribution in [0.3, 0.4) is 0 Å². The van der Waals surface area contributed by atoms with E-state index in [4.69, 9.17) is 9.47 Å². The number of likely N-dealkylation sites (N-methyl/N-ethyl adjacent to an activating group) is 2. The zero-order chi connectivity index (χ0) is 54.8. The Labute approximate surface area is 437 Å². The molecule has 0 aliphatic carbocycles. The van der Waals surface area contributed by atoms with Crippen LogP contribution in [0.15, 0.2) is 91.0 Å². The number of benzene rings is 1. The molecule has 9 atom stereocenters. The van der Waals surface area contributed by atoms with Gasteiger partial charge < -0.3 is 39.9 Å². The summed E-state index contributed by atoms with van der Waals surface area (Å²) >= 11 is 0. The average Bonchev–Trinajstić information content (AvgIpc) is 3.89. The van der Waals surface area contributed by atoms with E-state index in [1.165, 1.54) is 36.2 Å². The van der Waals surface area contributed by atoms with Crippen LogP contribution < -0.4 is 15.5 Å². The first-order valence-corrected chi connectivity index (χ1v) is 25.9. The summed E-state index contributed by atoms with van der Waals surface area (Å²) in [5.41, 5.74) is 2.15. The van der Waals surface area contributed by atoms with Gasteiger partial charge in [0.25, 0.3) is 11.8 Å². The lowest BCUT2D eigenvalue weighted by Gasteiger charge is -2.41. The third kappa shape index (κ3) is 15.8. The fraction of sp³-hybridized carbons (Fsp3) is 0.544. The smallest absolute Gasteiger partial charge is 0.326 e. The first-order valence-electron chi connectivity index (χ1n) is 25.9. The summed E-state index contributed by atoms with van der Waals surface area (Å²) < 4.78 is 12.3. The Kier molecular flexibility index (Phi) is 23.4. The van der Waals surface area contributed by atoms with Crippen molar-refractivity contribution in [1.29, 1.82) is 0 Å². The molecule has 0 saturated heterocycles. The number of unbranched alkanes of at least 4 members (excludes halogenated alkanes) is 2. The Bertz CT molecular complexity index is 2340. The van der Waals surface area contributed by atoms with Gasteiger partial charge in [-0.2, -0.15) is 0 Å². The van der Waals surface area contributed by atoms with Gasteiger partial charge in [-0.1, -0.05) is 134 Å². The Morgan fingerprint density at radius 2 is 1.34 bits per heavy atom. The molecule has 0 saturated carbocycles. The second-order valence-electron chi connectivity index (χ2n) is 20.2. The van der Waals surface area contributed by atoms with Crippen molar-refractivity contribution < 1.29 is 52.9 Å². The molecule has 0 radical (unpaired) electrons. The largest absolute Gasteiger partial charge is 0.480 e. The fourth-order valence-corrected chi connectivity index (χ4v) is 10.1. The molecule has 4 rings (SSSR count). The van der Waals surface area contributed by atoms with Gasteiger partial charge >= 0.3 is 5.97 Å². The summed E-state index contributed by atoms with van der Waals surface area (Å²) in [6, 6.07) is 19.4. The molecule has 2 aliphatic heterocycles. The van der Waals surface area contributed by atoms with Crippen LogP contribution in [0.25, 0.3) is 0 Å². The molecule has 0 unspecified atom stereocenters. The molecule has 404 valence electrons. The normalized spacial score (nSPS) is 17.3. The van der Waals surface area contributed by atoms with Crippen LogP contribution in [0, 0.1) is 23.7 Å². The van der Waals surface area contributed by atoms with E-state index in [0.29, 0.717) is 37.8 Å². The Balaban J connectivity index is 1.58. The lowest BCUT2D eigenvalue weighted by molar-refractivity contribution is -0.146. The van der Waals surface area contributed by atoms with E-state index in [0.717, 1.165) is 11.1 Å². The van der Waals surface area contributed by atoms with Gasteiger partial charge in [0.05, 0.1) is 36.6 Å². The number of carbonyl (C=O) groups is 8. The number of hydrogen-bond acceptors (Lipinski definition) is 10. The van der Waals surface area contributed by atoms with Crippen molar-refractivity contribution in [2.24, 2.45) is 23.7 Å². The van der Waals surface area contributed by atoms with Gasteiger partial charge in [0.1, 0.15) is 18.1 Å². The van der Waals surface area contributed by atoms with Crippen molar-refractivity contribution in [3.8, 4) is 0 Å². The van der Waals surface area contributed by atoms with E-state index in [2.05, 4.69) is 10.6 Å². The number of fused-ring (bicyclic) bond motifs is 1. The van der Waals surface area contributed by atoms with E-state index >= 15 is 4.79 Å². The highest BCUT2D eigenvalue weighted by molar-refractivity contribution is 6.12. The van der Waals surface area contributed by atoms with Crippen molar-refractivity contribution in [1.82, 2.24) is 25.3 Å². The number of nitrogens with zero attached hydrogens (tertiary/aromatic N) is 4. The molecule has 0 fully saturated rings. The van der Waals surface area contributed by atoms with Gasteiger partial charge in [0.15, 0.2) is 0 Å². The number of anilines is 1. The second kappa shape index (κ2) is 28.8. The van der Waals surface area contributed by atoms with Gasteiger partial charge in [-0.05, 0) is 54.2 Å². The summed E-state index contributed by atoms with van der Waals surface area (Å²) in [5.74, 6) is -5.73. The number of carboxylic acids is 1. The number of rotatable bonds is 27. The van der Waals surface area contributed by atoms with Crippen molar-refractivity contribution in [2.75, 3.05) is 39.8 Å². The predicted octanol–water partition coefficient (Wildman–Crippen LogP) is 5.92. The maximum absolute atomic E-state index is 15.2. The molecular formula is C57H80N6O11. The lowest BCUT2D eigenvalue weighted by Crippen LogP contribution is -2.60. The summed E-state index contributed by atoms with van der Waals surface area (Å²) in [7, 11) is 6.19. The van der Waals surface area contributed by atoms with Crippen LogP contribution in [0.2, 0.25) is 0 Å². The van der Waals surface area contributed by atoms with E-state index in [1.54, 1.807) is 55.1 Å². The summed E-state index contributed by atoms with van der Waals surface area (Å²) in [5, 5.41) is 15.8. The minimum Gasteiger partial charge on any atom is -0.480 e. The van der Waals surface area contributed by atoms with Crippen LogP contribution in [0.1, 0.15) is 98.1 Å². The zero-order valence-corrected chi connectivity index (χ0v) is 45.2. The number of aliphatic carboxylic acids is 1. The van der Waals surface area contributed by atoms with E-state index in [1.807, 2.05) is 96.1 Å². The third-order valence-electron chi connectivity index (χ3n) is 14.4. The Morgan fingerprint density at radius 1 is 0.743 bits per heavy atom. The number of carbonyl (C=O) groups excluding carboxylic acids is 7. The molecule has 2 heterocycles. The van der Waals surface area contributed by atoms with Crippen LogP contribution in [0.5, 0.6) is 0 Å². The lowest BCUT2D eigenvalue weighted by atomic mass is 9.89. The molecule has 17 nitrogen and oxygen atoms in total. The highest BCUT2D eigenvalue weighted by Crippen LogP contribution is 2.37. The SMILES string of the molecule is CC[C@H](C)[C@@H]([C@@H](CC(=O)N1c2ccccccccc2C[C@H]1[C@H](OC)[C@@H](C)C(=O)N[C@@H](Cc1ccccc1)C(=O)O)OC)N(C)C(=O)[C@@H](NC(=O)[C@H](C(C)C)N(C)C(=O)CCCCCN1C(=O)C=CC1=O)C(C)C. The molecule has 2 aromatic rings. The Morgan fingerprint density at radius 3 is 1.91 bits per heavy atom. The molecule has 74 heavy (non-hydrogen) atoms. The molecule has 0 aromatic heterocycles. The van der Waals surface area contributed by atoms with Crippen LogP contribution in [-0.2, 0) is 60.7 Å². The quantitative estimate of drug-likeness (QED) is 0.0706. The van der Waals surface area contributed by atoms with Gasteiger partial charge in [-0.25, -0.2) is 4.79 Å². The van der Waals surface area contributed by atoms with E-state index in [-0.39, 0.29) is 67.2 Å². The molecule has 0 spiro atoms. The third-order valence-corrected chi connectivity index (χ3v) is 14.4. The summed E-state index contributed by atoms with van der Waals surface area (Å²) in [4.78, 5) is 114. The highest BCUT2D eigenvalue weighted by Gasteiger charge is 2.45. The predicted molar refractivity (Wildman–Crippen MR) is 283 cm³/mol. The highest BCUT2D eigenvalue weighted by atomic mass is 16.5. The first-order chi connectivity index (χ1) is 35.2. The van der Waals surface area contributed by atoms with E-state index < -0.39 is 72.0 Å². The number of carboxylic acid groups (broad SMARTS) is 1. The number of nitrogens with one attached hydrogen (secondary N) is 2. The number of imide groups is 1. The Hall–Kier alpha value is -6.46. The van der Waals surface area contributed by atoms with Crippen molar-refractivity contribution in [2.45, 2.75) is 142 Å². The minimum atomic E-state index is -1.22. The maximum Gasteiger partial charge on any atom is 0.326 e. The van der Waals surface area contributed by atoms with Gasteiger partial charge in [-0.15, -0.1) is 0 Å². The first kappa shape index (κ1) is 60.1. The topological polar surface area (TPSA) is 212 Å². The second-order valence-corrected chi connectivity index (χ2v) is 20.2. The summed E-state index contributed by atoms with van der Waals surface area (Å²) in [6.07, 6.45) is 3.31. The molecule has 0 bridgehead atoms. The molecule has 2 aromatic carbocycles. The number of methoxy groups -OCH3 is 2. The number of hydrogen-bond donors (Lipinski definition) is 3. The van der Waals surface area contributed by atoms with Gasteiger partial charge in [0.2, 0.25) is 29.5 Å². The van der Waals surface area contributed by atoms with Crippen molar-refractivity contribution >= 4 is 53.0 Å². The fourth-order valence-electron chi connectivity index (χ4n) is 10.1. The van der Waals surface area contributed by atoms with Gasteiger partial charge in [0, 0.05) is 65.5 Å². The number of amides is 7. The van der Waals surface area contributed by atoms with Crippen LogP contribution in [-0.4, -0.2) is 144 Å². The van der Waals surface area contributed by atoms with Crippen LogP contribution >= 0.6 is 0 Å². The summed E-state index contributed by atoms with van der Waals surface area (Å²) in [6.45, 7) is 13.2. The number of ether oxygens (including phenoxy) is 2. The van der Waals surface area contributed by atoms with Gasteiger partial charge in [-0.3, -0.25) is 38.5 Å². The molecule has 7 amide bonds. The van der Waals surface area contributed by atoms with Crippen molar-refractivity contribution in [3.05, 3.63) is 102 Å². The molecular weight excluding hydrogens is 945 g/mol. The molecule has 17 heteroatoms. The average molecular weight is 1030 g/mol. The standard InChI is InChI=1S/C57H80N6O11/c1-12-38(6)52(61(9)56(70)50(36(2)3)59-55(69)51(37(4)5)60(8)46(64)29-23-18-24-32-62-47(65)30-31-48(62)66)45(73-10)35-49(67)63-43-28-22-16-14-13-15-21-27-41(43)34-44(63)53(74-11)39(7)54(68)58-42(57(71)72)33-40-25-19-17-20-26-40/h13-17,19-22,25-28,30-31,36-39,42,44-45,50-53H,12,18,23-24,29,32-35H2,1-11H3,(H,58,68)(H,59,69)(H,71,72)/t38-,39+,42-,44-,45+,50-,51-,52-,53+/m0/s1. The van der Waals surface area contributed by atoms with Crippen molar-refractivity contribution in [3.63, 3.8) is 0 Å². The monoisotopic (exact) mass is 1020 g/mol. The molecule has 2 aliphatic rings. The molecule has 3 N–H and O–H groups in total. The van der Waals surface area contributed by atoms with E-state index in [9.17, 15) is 38.7 Å². The minimum absolute atomic E-state index is 0.0674. The van der Waals surface area contributed by atoms with Crippen LogP contribution in [0.4, 0.5) is 5.69 Å².